The fraction of sp³-hybridized carbons (Fsp3) is 0.143. The summed E-state index contributed by atoms with van der Waals surface area (Å²) in [6.07, 6.45) is -6.42. The minimum atomic E-state index is -5.09. The van der Waals surface area contributed by atoms with Gasteiger partial charge in [-0.15, -0.1) is 0 Å². The minimum Gasteiger partial charge on any atom is -0.294 e. The van der Waals surface area contributed by atoms with Gasteiger partial charge in [0.05, 0.1) is 6.42 Å². The Hall–Kier alpha value is -2.26. The predicted molar refractivity (Wildman–Crippen MR) is 73.8 cm³/mol. The molecule has 0 unspecified atom stereocenters. The molecule has 0 amide bonds. The van der Waals surface area contributed by atoms with Gasteiger partial charge in [0.25, 0.3) is 10.1 Å². The Balaban J connectivity index is 2.42. The first-order chi connectivity index (χ1) is 10.5. The molecule has 0 fully saturated rings. The van der Waals surface area contributed by atoms with Crippen LogP contribution in [0.5, 0.6) is 0 Å². The highest BCUT2D eigenvalue weighted by molar-refractivity contribution is 7.86. The maximum atomic E-state index is 12.2. The first kappa shape index (κ1) is 17.1. The molecule has 2 rings (SSSR count). The summed E-state index contributed by atoms with van der Waals surface area (Å²) in [6, 6.07) is 7.32. The van der Waals surface area contributed by atoms with Crippen molar-refractivity contribution in [1.29, 1.82) is 0 Å². The molecule has 2 aromatic rings. The highest BCUT2D eigenvalue weighted by Crippen LogP contribution is 2.25. The summed E-state index contributed by atoms with van der Waals surface area (Å²) < 4.78 is 68.1. The number of halogens is 3. The van der Waals surface area contributed by atoms with E-state index in [1.54, 1.807) is 0 Å². The zero-order valence-electron chi connectivity index (χ0n) is 11.3. The number of Topliss-reactive ketones (excluding diaryl/α,β-unsaturated/α-hetero) is 2. The normalized spacial score (nSPS) is 12.3. The third kappa shape index (κ3) is 3.74. The van der Waals surface area contributed by atoms with E-state index in [1.807, 2.05) is 0 Å². The second-order valence-electron chi connectivity index (χ2n) is 4.69. The van der Waals surface area contributed by atoms with Gasteiger partial charge in [-0.25, -0.2) is 0 Å². The van der Waals surface area contributed by atoms with Crippen LogP contribution in [0.15, 0.2) is 41.3 Å². The van der Waals surface area contributed by atoms with Crippen LogP contribution in [0.1, 0.15) is 16.8 Å². The Morgan fingerprint density at radius 3 is 2.30 bits per heavy atom. The number of ketones is 2. The molecule has 0 saturated heterocycles. The Labute approximate surface area is 128 Å². The van der Waals surface area contributed by atoms with E-state index in [-0.39, 0.29) is 21.2 Å². The van der Waals surface area contributed by atoms with Crippen LogP contribution in [-0.4, -0.2) is 30.7 Å². The second kappa shape index (κ2) is 5.74. The van der Waals surface area contributed by atoms with Gasteiger partial charge >= 0.3 is 6.18 Å². The summed E-state index contributed by atoms with van der Waals surface area (Å²) in [5.74, 6) is -3.19. The van der Waals surface area contributed by atoms with Crippen LogP contribution in [0.25, 0.3) is 10.8 Å². The number of carbonyl (C=O) groups excluding carboxylic acids is 2. The first-order valence-electron chi connectivity index (χ1n) is 6.13. The topological polar surface area (TPSA) is 88.5 Å². The monoisotopic (exact) mass is 346 g/mol. The fourth-order valence-electron chi connectivity index (χ4n) is 2.00. The third-order valence-electron chi connectivity index (χ3n) is 3.08. The van der Waals surface area contributed by atoms with Gasteiger partial charge in [0, 0.05) is 10.9 Å². The zero-order chi connectivity index (χ0) is 17.4. The number of rotatable bonds is 4. The number of alkyl halides is 3. The number of benzene rings is 2. The molecule has 0 atom stereocenters. The molecule has 0 heterocycles. The number of hydrogen-bond donors (Lipinski definition) is 1. The SMILES string of the molecule is O=C(CC(=O)C(F)(F)F)c1ccc2c(S(=O)(=O)O)cccc2c1. The van der Waals surface area contributed by atoms with Crippen LogP contribution in [0.3, 0.4) is 0 Å². The van der Waals surface area contributed by atoms with E-state index in [1.165, 1.54) is 18.2 Å². The van der Waals surface area contributed by atoms with Crippen LogP contribution in [0.2, 0.25) is 0 Å². The molecule has 5 nitrogen and oxygen atoms in total. The maximum absolute atomic E-state index is 12.2. The van der Waals surface area contributed by atoms with Crippen LogP contribution >= 0.6 is 0 Å². The van der Waals surface area contributed by atoms with Crippen molar-refractivity contribution >= 4 is 32.5 Å². The lowest BCUT2D eigenvalue weighted by atomic mass is 10.0. The van der Waals surface area contributed by atoms with Crippen LogP contribution in [-0.2, 0) is 14.9 Å². The molecule has 9 heteroatoms. The lowest BCUT2D eigenvalue weighted by molar-refractivity contribution is -0.170. The van der Waals surface area contributed by atoms with E-state index in [2.05, 4.69) is 0 Å². The summed E-state index contributed by atoms with van der Waals surface area (Å²) >= 11 is 0. The summed E-state index contributed by atoms with van der Waals surface area (Å²) in [5, 5.41) is 0.333. The molecule has 2 aromatic carbocycles. The van der Waals surface area contributed by atoms with Crippen molar-refractivity contribution in [2.24, 2.45) is 0 Å². The molecule has 1 N–H and O–H groups in total. The van der Waals surface area contributed by atoms with Crippen molar-refractivity contribution in [2.75, 3.05) is 0 Å². The Bertz CT molecular complexity index is 900. The van der Waals surface area contributed by atoms with E-state index in [4.69, 9.17) is 4.55 Å². The van der Waals surface area contributed by atoms with Gasteiger partial charge in [-0.05, 0) is 17.5 Å². The van der Waals surface area contributed by atoms with Gasteiger partial charge in [-0.1, -0.05) is 24.3 Å². The highest BCUT2D eigenvalue weighted by Gasteiger charge is 2.39. The van der Waals surface area contributed by atoms with E-state index in [0.29, 0.717) is 0 Å². The summed E-state index contributed by atoms with van der Waals surface area (Å²) in [7, 11) is -4.49. The van der Waals surface area contributed by atoms with E-state index >= 15 is 0 Å². The molecule has 0 saturated carbocycles. The standard InChI is InChI=1S/C14H9F3O5S/c15-14(16,17)13(19)7-11(18)9-4-5-10-8(6-9)2-1-3-12(10)23(20,21)22/h1-6H,7H2,(H,20,21,22). The largest absolute Gasteiger partial charge is 0.450 e. The van der Waals surface area contributed by atoms with Crippen LogP contribution < -0.4 is 0 Å². The minimum absolute atomic E-state index is 0.105. The highest BCUT2D eigenvalue weighted by atomic mass is 32.2. The second-order valence-corrected chi connectivity index (χ2v) is 6.08. The molecule has 122 valence electrons. The van der Waals surface area contributed by atoms with Gasteiger partial charge < -0.3 is 0 Å². The van der Waals surface area contributed by atoms with E-state index < -0.39 is 34.3 Å². The number of carbonyl (C=O) groups is 2. The quantitative estimate of drug-likeness (QED) is 0.522. The van der Waals surface area contributed by atoms with Crippen molar-refractivity contribution in [2.45, 2.75) is 17.5 Å². The predicted octanol–water partition coefficient (Wildman–Crippen LogP) is 2.79. The summed E-state index contributed by atoms with van der Waals surface area (Å²) in [4.78, 5) is 22.2. The van der Waals surface area contributed by atoms with Crippen molar-refractivity contribution < 1.29 is 35.7 Å². The summed E-state index contributed by atoms with van der Waals surface area (Å²) in [5.41, 5.74) is -0.164. The third-order valence-corrected chi connectivity index (χ3v) is 3.99. The van der Waals surface area contributed by atoms with Crippen molar-refractivity contribution in [3.63, 3.8) is 0 Å². The molecule has 0 spiro atoms. The molecule has 0 bridgehead atoms. The average Bonchev–Trinajstić information content (AvgIpc) is 2.43. The van der Waals surface area contributed by atoms with Gasteiger partial charge in [0.1, 0.15) is 4.90 Å². The van der Waals surface area contributed by atoms with Gasteiger partial charge in [-0.2, -0.15) is 21.6 Å². The van der Waals surface area contributed by atoms with Gasteiger partial charge in [-0.3, -0.25) is 14.1 Å². The maximum Gasteiger partial charge on any atom is 0.450 e. The lowest BCUT2D eigenvalue weighted by Gasteiger charge is -2.07. The van der Waals surface area contributed by atoms with Gasteiger partial charge in [0.2, 0.25) is 5.78 Å². The Kier molecular flexibility index (Phi) is 4.27. The number of fused-ring (bicyclic) bond motifs is 1. The summed E-state index contributed by atoms with van der Waals surface area (Å²) in [6.45, 7) is 0. The average molecular weight is 346 g/mol. The Morgan fingerprint density at radius 1 is 1.09 bits per heavy atom. The smallest absolute Gasteiger partial charge is 0.294 e. The lowest BCUT2D eigenvalue weighted by Crippen LogP contribution is -2.25. The molecule has 0 aromatic heterocycles. The van der Waals surface area contributed by atoms with Crippen molar-refractivity contribution in [3.05, 3.63) is 42.0 Å². The Morgan fingerprint density at radius 2 is 1.74 bits per heavy atom. The molecule has 0 aliphatic carbocycles. The molecule has 23 heavy (non-hydrogen) atoms. The molecule has 0 radical (unpaired) electrons. The molecular formula is C14H9F3O5S. The van der Waals surface area contributed by atoms with Crippen LogP contribution in [0, 0.1) is 0 Å². The van der Waals surface area contributed by atoms with Gasteiger partial charge in [0.15, 0.2) is 5.78 Å². The molecule has 0 aliphatic heterocycles. The van der Waals surface area contributed by atoms with Crippen molar-refractivity contribution in [1.82, 2.24) is 0 Å². The van der Waals surface area contributed by atoms with Crippen LogP contribution in [0.4, 0.5) is 13.2 Å². The van der Waals surface area contributed by atoms with Crippen molar-refractivity contribution in [3.8, 4) is 0 Å². The first-order valence-corrected chi connectivity index (χ1v) is 7.57. The molecule has 0 aliphatic rings. The number of hydrogen-bond acceptors (Lipinski definition) is 4. The van der Waals surface area contributed by atoms with E-state index in [0.717, 1.165) is 18.2 Å². The molecular weight excluding hydrogens is 337 g/mol. The fourth-order valence-corrected chi connectivity index (χ4v) is 2.71. The zero-order valence-corrected chi connectivity index (χ0v) is 12.1. The van der Waals surface area contributed by atoms with E-state index in [9.17, 15) is 31.2 Å².